The molecule has 0 aliphatic carbocycles. The molecule has 1 aromatic heterocycles. The summed E-state index contributed by atoms with van der Waals surface area (Å²) in [4.78, 5) is 8.85. The van der Waals surface area contributed by atoms with Gasteiger partial charge in [-0.25, -0.2) is 9.98 Å². The summed E-state index contributed by atoms with van der Waals surface area (Å²) in [6.07, 6.45) is 0.922. The Hall–Kier alpha value is -1.55. The predicted octanol–water partition coefficient (Wildman–Crippen LogP) is 2.85. The Morgan fingerprint density at radius 2 is 2.22 bits per heavy atom. The van der Waals surface area contributed by atoms with Crippen molar-refractivity contribution in [3.8, 4) is 0 Å². The Kier molecular flexibility index (Phi) is 3.87. The van der Waals surface area contributed by atoms with Crippen LogP contribution >= 0.6 is 11.6 Å². The number of imidazole rings is 1. The Morgan fingerprint density at radius 1 is 1.44 bits per heavy atom. The summed E-state index contributed by atoms with van der Waals surface area (Å²) in [5, 5.41) is 0. The maximum Gasteiger partial charge on any atom is 0.115 e. The highest BCUT2D eigenvalue weighted by Crippen LogP contribution is 2.22. The first-order valence-electron chi connectivity index (χ1n) is 6.07. The fraction of sp³-hybridized carbons (Fsp3) is 0.385. The number of nitrogens with two attached hydrogens (primary N) is 1. The first kappa shape index (κ1) is 12.9. The van der Waals surface area contributed by atoms with Crippen LogP contribution in [0.1, 0.15) is 19.7 Å². The van der Waals surface area contributed by atoms with Gasteiger partial charge in [0.05, 0.1) is 22.6 Å². The summed E-state index contributed by atoms with van der Waals surface area (Å²) in [7, 11) is 0. The van der Waals surface area contributed by atoms with Crippen LogP contribution < -0.4 is 5.73 Å². The minimum Gasteiger partial charge on any atom is -0.386 e. The maximum atomic E-state index is 5.63. The molecular formula is C13H17ClN4. The Balaban J connectivity index is 2.53. The molecule has 0 aliphatic heterocycles. The molecule has 0 bridgehead atoms. The van der Waals surface area contributed by atoms with Crippen molar-refractivity contribution in [3.63, 3.8) is 0 Å². The van der Waals surface area contributed by atoms with E-state index in [4.69, 9.17) is 17.3 Å². The fourth-order valence-electron chi connectivity index (χ4n) is 2.06. The van der Waals surface area contributed by atoms with E-state index in [0.29, 0.717) is 5.84 Å². The van der Waals surface area contributed by atoms with Crippen LogP contribution in [0.3, 0.4) is 0 Å². The van der Waals surface area contributed by atoms with Gasteiger partial charge in [-0.1, -0.05) is 6.92 Å². The molecule has 2 N–H and O–H groups in total. The zero-order valence-corrected chi connectivity index (χ0v) is 11.4. The quantitative estimate of drug-likeness (QED) is 0.524. The topological polar surface area (TPSA) is 56.2 Å². The highest BCUT2D eigenvalue weighted by molar-refractivity contribution is 6.28. The number of aromatic nitrogens is 2. The number of aliphatic imine (C=N–C) groups is 1. The van der Waals surface area contributed by atoms with Crippen molar-refractivity contribution in [1.29, 1.82) is 0 Å². The molecule has 4 nitrogen and oxygen atoms in total. The average molecular weight is 265 g/mol. The van der Waals surface area contributed by atoms with Gasteiger partial charge < -0.3 is 10.3 Å². The number of hydrogen-bond donors (Lipinski definition) is 1. The van der Waals surface area contributed by atoms with Crippen LogP contribution in [0.15, 0.2) is 23.2 Å². The van der Waals surface area contributed by atoms with Crippen molar-refractivity contribution in [1.82, 2.24) is 9.55 Å². The molecule has 0 unspecified atom stereocenters. The van der Waals surface area contributed by atoms with Crippen LogP contribution in [0.25, 0.3) is 11.0 Å². The molecule has 5 heteroatoms. The molecule has 2 rings (SSSR count). The molecule has 0 amide bonds. The Labute approximate surface area is 111 Å². The maximum absolute atomic E-state index is 5.63. The highest BCUT2D eigenvalue weighted by Gasteiger charge is 2.08. The van der Waals surface area contributed by atoms with Crippen LogP contribution in [-0.2, 0) is 13.0 Å². The van der Waals surface area contributed by atoms with Gasteiger partial charge >= 0.3 is 0 Å². The van der Waals surface area contributed by atoms with E-state index >= 15 is 0 Å². The smallest absolute Gasteiger partial charge is 0.115 e. The van der Waals surface area contributed by atoms with Gasteiger partial charge in [-0.3, -0.25) is 0 Å². The van der Waals surface area contributed by atoms with E-state index in [2.05, 4.69) is 28.4 Å². The molecule has 1 heterocycles. The minimum absolute atomic E-state index is 0.238. The lowest BCUT2D eigenvalue weighted by molar-refractivity contribution is 0.726. The van der Waals surface area contributed by atoms with Crippen molar-refractivity contribution >= 4 is 34.2 Å². The summed E-state index contributed by atoms with van der Waals surface area (Å²) < 4.78 is 2.22. The number of hydrogen-bond acceptors (Lipinski definition) is 2. The second-order valence-corrected chi connectivity index (χ2v) is 4.30. The van der Waals surface area contributed by atoms with E-state index < -0.39 is 0 Å². The number of amidine groups is 1. The van der Waals surface area contributed by atoms with Crippen molar-refractivity contribution in [2.75, 3.05) is 5.88 Å². The van der Waals surface area contributed by atoms with Crippen molar-refractivity contribution in [2.24, 2.45) is 10.7 Å². The summed E-state index contributed by atoms with van der Waals surface area (Å²) in [6, 6.07) is 5.92. The van der Waals surface area contributed by atoms with E-state index in [9.17, 15) is 0 Å². The van der Waals surface area contributed by atoms with Gasteiger partial charge in [0, 0.05) is 13.0 Å². The molecule has 0 saturated heterocycles. The third kappa shape index (κ3) is 2.34. The molecule has 0 radical (unpaired) electrons. The molecule has 96 valence electrons. The number of rotatable bonds is 4. The van der Waals surface area contributed by atoms with Gasteiger partial charge in [-0.2, -0.15) is 0 Å². The van der Waals surface area contributed by atoms with Crippen molar-refractivity contribution < 1.29 is 0 Å². The van der Waals surface area contributed by atoms with Gasteiger partial charge in [0.2, 0.25) is 0 Å². The lowest BCUT2D eigenvalue weighted by atomic mass is 10.3. The highest BCUT2D eigenvalue weighted by atomic mass is 35.5. The van der Waals surface area contributed by atoms with Gasteiger partial charge in [-0.05, 0) is 25.1 Å². The number of benzene rings is 1. The SMILES string of the molecule is CCc1nc2cc(N=C(N)CCl)ccc2n1CC. The first-order valence-corrected chi connectivity index (χ1v) is 6.61. The van der Waals surface area contributed by atoms with Crippen LogP contribution in [-0.4, -0.2) is 21.3 Å². The lowest BCUT2D eigenvalue weighted by Gasteiger charge is -2.03. The van der Waals surface area contributed by atoms with Crippen LogP contribution in [0.2, 0.25) is 0 Å². The monoisotopic (exact) mass is 264 g/mol. The number of alkyl halides is 1. The van der Waals surface area contributed by atoms with E-state index in [1.165, 1.54) is 0 Å². The van der Waals surface area contributed by atoms with Gasteiger partial charge in [0.1, 0.15) is 11.7 Å². The largest absolute Gasteiger partial charge is 0.386 e. The summed E-state index contributed by atoms with van der Waals surface area (Å²) in [5.41, 5.74) is 8.52. The zero-order valence-electron chi connectivity index (χ0n) is 10.7. The van der Waals surface area contributed by atoms with E-state index in [0.717, 1.165) is 35.5 Å². The standard InChI is InChI=1S/C13H17ClN4/c1-3-13-17-10-7-9(16-12(15)8-14)5-6-11(10)18(13)4-2/h5-7H,3-4,8H2,1-2H3,(H2,15,16). The van der Waals surface area contributed by atoms with Gasteiger partial charge in [0.25, 0.3) is 0 Å². The molecule has 0 fully saturated rings. The van der Waals surface area contributed by atoms with E-state index in [-0.39, 0.29) is 5.88 Å². The molecule has 0 atom stereocenters. The van der Waals surface area contributed by atoms with Crippen LogP contribution in [0, 0.1) is 0 Å². The Bertz CT molecular complexity index is 586. The second-order valence-electron chi connectivity index (χ2n) is 4.04. The van der Waals surface area contributed by atoms with Gasteiger partial charge in [0.15, 0.2) is 0 Å². The number of halogens is 1. The average Bonchev–Trinajstić information content (AvgIpc) is 2.75. The number of aryl methyl sites for hydroxylation is 2. The van der Waals surface area contributed by atoms with Gasteiger partial charge in [-0.15, -0.1) is 11.6 Å². The second kappa shape index (κ2) is 5.40. The summed E-state index contributed by atoms with van der Waals surface area (Å²) in [6.45, 7) is 5.15. The molecule has 0 spiro atoms. The normalized spacial score (nSPS) is 12.3. The molecular weight excluding hydrogens is 248 g/mol. The molecule has 1 aromatic carbocycles. The third-order valence-corrected chi connectivity index (χ3v) is 3.13. The van der Waals surface area contributed by atoms with Crippen LogP contribution in [0.4, 0.5) is 5.69 Å². The summed E-state index contributed by atoms with van der Waals surface area (Å²) >= 11 is 5.62. The molecule has 0 saturated carbocycles. The molecule has 18 heavy (non-hydrogen) atoms. The lowest BCUT2D eigenvalue weighted by Crippen LogP contribution is -2.12. The molecule has 0 aliphatic rings. The predicted molar refractivity (Wildman–Crippen MR) is 76.8 cm³/mol. The van der Waals surface area contributed by atoms with E-state index in [1.807, 2.05) is 18.2 Å². The minimum atomic E-state index is 0.238. The molecule has 2 aromatic rings. The van der Waals surface area contributed by atoms with Crippen LogP contribution in [0.5, 0.6) is 0 Å². The number of nitrogens with zero attached hydrogens (tertiary/aromatic N) is 3. The fourth-order valence-corrected chi connectivity index (χ4v) is 2.12. The summed E-state index contributed by atoms with van der Waals surface area (Å²) in [5.74, 6) is 1.75. The van der Waals surface area contributed by atoms with Crippen molar-refractivity contribution in [3.05, 3.63) is 24.0 Å². The van der Waals surface area contributed by atoms with Crippen molar-refractivity contribution in [2.45, 2.75) is 26.8 Å². The Morgan fingerprint density at radius 3 is 2.83 bits per heavy atom. The van der Waals surface area contributed by atoms with E-state index in [1.54, 1.807) is 0 Å². The third-order valence-electron chi connectivity index (χ3n) is 2.85. The first-order chi connectivity index (χ1) is 8.69. The number of fused-ring (bicyclic) bond motifs is 1. The zero-order chi connectivity index (χ0) is 13.1.